The Balaban J connectivity index is 1.87. The summed E-state index contributed by atoms with van der Waals surface area (Å²) in [4.78, 5) is 2.47. The van der Waals surface area contributed by atoms with E-state index < -0.39 is 6.10 Å². The third-order valence-electron chi connectivity index (χ3n) is 4.14. The molecule has 1 aromatic rings. The number of nitrogens with zero attached hydrogens (tertiary/aromatic N) is 1. The van der Waals surface area contributed by atoms with E-state index in [0.717, 1.165) is 31.6 Å². The number of hydrogen-bond donors (Lipinski definition) is 2. The van der Waals surface area contributed by atoms with Gasteiger partial charge in [0.05, 0.1) is 18.4 Å². The molecule has 1 saturated heterocycles. The zero-order chi connectivity index (χ0) is 15.1. The van der Waals surface area contributed by atoms with Crippen molar-refractivity contribution >= 4 is 5.69 Å². The number of likely N-dealkylation sites (tertiary alicyclic amines) is 1. The normalized spacial score (nSPS) is 18.2. The molecule has 1 atom stereocenters. The van der Waals surface area contributed by atoms with E-state index in [2.05, 4.69) is 4.90 Å². The van der Waals surface area contributed by atoms with Crippen LogP contribution in [0.2, 0.25) is 0 Å². The standard InChI is InChI=1S/C17H28N2O2/c1-2-21-17-8-7-14(13-15(17)18)16(20)9-12-19-10-5-3-4-6-11-19/h7-8,13,16,20H,2-6,9-12,18H2,1H3. The van der Waals surface area contributed by atoms with E-state index in [1.165, 1.54) is 25.7 Å². The van der Waals surface area contributed by atoms with Crippen LogP contribution in [0.4, 0.5) is 5.69 Å². The Bertz CT molecular complexity index is 429. The quantitative estimate of drug-likeness (QED) is 0.791. The molecule has 0 radical (unpaired) electrons. The molecule has 4 nitrogen and oxygen atoms in total. The molecule has 2 rings (SSSR count). The van der Waals surface area contributed by atoms with Crippen LogP contribution in [0.1, 0.15) is 50.7 Å². The summed E-state index contributed by atoms with van der Waals surface area (Å²) in [6, 6.07) is 5.59. The van der Waals surface area contributed by atoms with Crippen molar-refractivity contribution in [2.75, 3.05) is 32.0 Å². The highest BCUT2D eigenvalue weighted by Crippen LogP contribution is 2.27. The Morgan fingerprint density at radius 1 is 1.24 bits per heavy atom. The zero-order valence-corrected chi connectivity index (χ0v) is 13.1. The molecular weight excluding hydrogens is 264 g/mol. The number of ether oxygens (including phenoxy) is 1. The molecule has 1 unspecified atom stereocenters. The molecule has 1 aliphatic rings. The third-order valence-corrected chi connectivity index (χ3v) is 4.14. The summed E-state index contributed by atoms with van der Waals surface area (Å²) in [7, 11) is 0. The van der Waals surface area contributed by atoms with Gasteiger partial charge >= 0.3 is 0 Å². The molecular formula is C17H28N2O2. The van der Waals surface area contributed by atoms with Crippen LogP contribution < -0.4 is 10.5 Å². The van der Waals surface area contributed by atoms with Gasteiger partial charge in [0, 0.05) is 6.54 Å². The van der Waals surface area contributed by atoms with Gasteiger partial charge in [0.25, 0.3) is 0 Å². The minimum atomic E-state index is -0.453. The third kappa shape index (κ3) is 4.90. The number of anilines is 1. The minimum absolute atomic E-state index is 0.453. The fraction of sp³-hybridized carbons (Fsp3) is 0.647. The molecule has 0 saturated carbocycles. The van der Waals surface area contributed by atoms with Gasteiger partial charge in [-0.3, -0.25) is 0 Å². The van der Waals surface area contributed by atoms with Gasteiger partial charge in [0.1, 0.15) is 5.75 Å². The summed E-state index contributed by atoms with van der Waals surface area (Å²) >= 11 is 0. The van der Waals surface area contributed by atoms with E-state index in [1.807, 2.05) is 25.1 Å². The van der Waals surface area contributed by atoms with Gasteiger partial charge in [-0.1, -0.05) is 18.9 Å². The van der Waals surface area contributed by atoms with E-state index in [1.54, 1.807) is 0 Å². The summed E-state index contributed by atoms with van der Waals surface area (Å²) in [6.07, 6.45) is 5.56. The molecule has 1 aromatic carbocycles. The minimum Gasteiger partial charge on any atom is -0.492 e. The van der Waals surface area contributed by atoms with E-state index in [-0.39, 0.29) is 0 Å². The lowest BCUT2D eigenvalue weighted by atomic mass is 10.1. The molecule has 1 aliphatic heterocycles. The van der Waals surface area contributed by atoms with E-state index >= 15 is 0 Å². The Kier molecular flexibility index (Phi) is 6.33. The first kappa shape index (κ1) is 16.1. The maximum atomic E-state index is 10.3. The lowest BCUT2D eigenvalue weighted by Gasteiger charge is -2.22. The van der Waals surface area contributed by atoms with Crippen LogP contribution in [-0.4, -0.2) is 36.2 Å². The highest BCUT2D eigenvalue weighted by molar-refractivity contribution is 5.54. The molecule has 0 bridgehead atoms. The van der Waals surface area contributed by atoms with Crippen LogP contribution in [-0.2, 0) is 0 Å². The number of aliphatic hydroxyl groups is 1. The second-order valence-electron chi connectivity index (χ2n) is 5.79. The molecule has 1 fully saturated rings. The van der Waals surface area contributed by atoms with Crippen LogP contribution in [0.5, 0.6) is 5.75 Å². The first-order valence-electron chi connectivity index (χ1n) is 8.13. The van der Waals surface area contributed by atoms with Crippen LogP contribution in [0.3, 0.4) is 0 Å². The lowest BCUT2D eigenvalue weighted by Crippen LogP contribution is -2.26. The van der Waals surface area contributed by atoms with Gasteiger partial charge in [-0.25, -0.2) is 0 Å². The SMILES string of the molecule is CCOc1ccc(C(O)CCN2CCCCCC2)cc1N. The maximum Gasteiger partial charge on any atom is 0.142 e. The van der Waals surface area contributed by atoms with Crippen LogP contribution in [0.25, 0.3) is 0 Å². The predicted octanol–water partition coefficient (Wildman–Crippen LogP) is 2.97. The Morgan fingerprint density at radius 3 is 2.57 bits per heavy atom. The molecule has 0 aliphatic carbocycles. The van der Waals surface area contributed by atoms with Crippen molar-refractivity contribution < 1.29 is 9.84 Å². The van der Waals surface area contributed by atoms with Gasteiger partial charge in [-0.15, -0.1) is 0 Å². The van der Waals surface area contributed by atoms with Gasteiger partial charge < -0.3 is 20.5 Å². The van der Waals surface area contributed by atoms with Crippen molar-refractivity contribution in [1.82, 2.24) is 4.90 Å². The average molecular weight is 292 g/mol. The van der Waals surface area contributed by atoms with Crippen molar-refractivity contribution in [3.63, 3.8) is 0 Å². The van der Waals surface area contributed by atoms with Gasteiger partial charge in [0.2, 0.25) is 0 Å². The number of rotatable bonds is 6. The first-order valence-corrected chi connectivity index (χ1v) is 8.13. The second-order valence-corrected chi connectivity index (χ2v) is 5.79. The Morgan fingerprint density at radius 2 is 1.95 bits per heavy atom. The summed E-state index contributed by atoms with van der Waals surface area (Å²) in [6.45, 7) is 5.81. The second kappa shape index (κ2) is 8.25. The van der Waals surface area contributed by atoms with Crippen molar-refractivity contribution in [1.29, 1.82) is 0 Å². The topological polar surface area (TPSA) is 58.7 Å². The average Bonchev–Trinajstić information content (AvgIpc) is 2.75. The molecule has 0 aromatic heterocycles. The summed E-state index contributed by atoms with van der Waals surface area (Å²) < 4.78 is 5.43. The highest BCUT2D eigenvalue weighted by Gasteiger charge is 2.14. The van der Waals surface area contributed by atoms with E-state index in [9.17, 15) is 5.11 Å². The first-order chi connectivity index (χ1) is 10.2. The van der Waals surface area contributed by atoms with Crippen LogP contribution in [0, 0.1) is 0 Å². The smallest absolute Gasteiger partial charge is 0.142 e. The fourth-order valence-electron chi connectivity index (χ4n) is 2.89. The maximum absolute atomic E-state index is 10.3. The van der Waals surface area contributed by atoms with E-state index in [0.29, 0.717) is 18.0 Å². The molecule has 118 valence electrons. The number of benzene rings is 1. The summed E-state index contributed by atoms with van der Waals surface area (Å²) in [5.41, 5.74) is 7.44. The van der Waals surface area contributed by atoms with Crippen molar-refractivity contribution in [2.24, 2.45) is 0 Å². The monoisotopic (exact) mass is 292 g/mol. The van der Waals surface area contributed by atoms with Crippen LogP contribution in [0.15, 0.2) is 18.2 Å². The molecule has 0 spiro atoms. The Labute approximate surface area is 127 Å². The van der Waals surface area contributed by atoms with Crippen LogP contribution >= 0.6 is 0 Å². The number of nitrogens with two attached hydrogens (primary N) is 1. The van der Waals surface area contributed by atoms with Crippen molar-refractivity contribution in [2.45, 2.75) is 45.1 Å². The molecule has 4 heteroatoms. The fourth-order valence-corrected chi connectivity index (χ4v) is 2.89. The summed E-state index contributed by atoms with van der Waals surface area (Å²) in [5, 5.41) is 10.3. The predicted molar refractivity (Wildman–Crippen MR) is 86.5 cm³/mol. The van der Waals surface area contributed by atoms with E-state index in [4.69, 9.17) is 10.5 Å². The molecule has 0 amide bonds. The zero-order valence-electron chi connectivity index (χ0n) is 13.1. The largest absolute Gasteiger partial charge is 0.492 e. The van der Waals surface area contributed by atoms with Crippen molar-refractivity contribution in [3.05, 3.63) is 23.8 Å². The van der Waals surface area contributed by atoms with Crippen molar-refractivity contribution in [3.8, 4) is 5.75 Å². The Hall–Kier alpha value is -1.26. The van der Waals surface area contributed by atoms with Gasteiger partial charge in [0.15, 0.2) is 0 Å². The van der Waals surface area contributed by atoms with Gasteiger partial charge in [-0.05, 0) is 57.0 Å². The highest BCUT2D eigenvalue weighted by atomic mass is 16.5. The number of aliphatic hydroxyl groups excluding tert-OH is 1. The van der Waals surface area contributed by atoms with Gasteiger partial charge in [-0.2, -0.15) is 0 Å². The number of hydrogen-bond acceptors (Lipinski definition) is 4. The molecule has 21 heavy (non-hydrogen) atoms. The number of nitrogen functional groups attached to an aromatic ring is 1. The molecule has 1 heterocycles. The summed E-state index contributed by atoms with van der Waals surface area (Å²) in [5.74, 6) is 0.695. The molecule has 3 N–H and O–H groups in total. The lowest BCUT2D eigenvalue weighted by molar-refractivity contribution is 0.143.